The molecule has 0 amide bonds. The van der Waals surface area contributed by atoms with Crippen LogP contribution in [0.3, 0.4) is 0 Å². The lowest BCUT2D eigenvalue weighted by Crippen LogP contribution is -2.23. The molecule has 0 atom stereocenters. The number of likely N-dealkylation sites (N-methyl/N-ethyl adjacent to an activating group) is 1. The maximum atomic E-state index is 11.0. The van der Waals surface area contributed by atoms with Crippen LogP contribution in [0, 0.1) is 0 Å². The lowest BCUT2D eigenvalue weighted by molar-refractivity contribution is -0.112. The largest absolute Gasteiger partial charge is 0.341 e. The second kappa shape index (κ2) is 9.90. The number of fused-ring (bicyclic) bond motifs is 2. The van der Waals surface area contributed by atoms with Crippen molar-refractivity contribution in [1.29, 1.82) is 0 Å². The lowest BCUT2D eigenvalue weighted by Gasteiger charge is -2.27. The predicted octanol–water partition coefficient (Wildman–Crippen LogP) is 5.43. The maximum absolute atomic E-state index is 11.0. The number of carbonyl (C=O) groups excluding carboxylic acids is 1. The van der Waals surface area contributed by atoms with Gasteiger partial charge in [-0.15, -0.1) is 0 Å². The van der Waals surface area contributed by atoms with Gasteiger partial charge in [0.1, 0.15) is 0 Å². The van der Waals surface area contributed by atoms with Crippen molar-refractivity contribution in [3.8, 4) is 0 Å². The molecule has 1 aliphatic heterocycles. The fraction of sp³-hybridized carbons (Fsp3) is 0.375. The third-order valence-electron chi connectivity index (χ3n) is 5.23. The minimum Gasteiger partial charge on any atom is -0.341 e. The van der Waals surface area contributed by atoms with E-state index < -0.39 is 0 Å². The van der Waals surface area contributed by atoms with Crippen LogP contribution in [0.15, 0.2) is 54.6 Å². The third kappa shape index (κ3) is 5.46. The minimum atomic E-state index is 0.102. The summed E-state index contributed by atoms with van der Waals surface area (Å²) in [5.41, 5.74) is 5.32. The number of nitrogens with zero attached hydrogens (tertiary/aromatic N) is 2. The molecule has 0 bridgehead atoms. The smallest absolute Gasteiger partial charge is 0.152 e. The molecular weight excluding hydrogens is 368 g/mol. The topological polar surface area (TPSA) is 23.6 Å². The average molecular weight is 397 g/mol. The summed E-state index contributed by atoms with van der Waals surface area (Å²) in [6.45, 7) is 4.38. The Morgan fingerprint density at radius 1 is 1.11 bits per heavy atom. The maximum Gasteiger partial charge on any atom is 0.152 e. The molecule has 1 aliphatic rings. The van der Waals surface area contributed by atoms with Crippen LogP contribution >= 0.6 is 11.6 Å². The SMILES string of the molecule is CC(=O)/C=C/CN(C)CCCCN1c2ccccc2CCc2ccc(Cl)cc21. The summed E-state index contributed by atoms with van der Waals surface area (Å²) in [4.78, 5) is 15.7. The standard InChI is InChI=1S/C24H29ClN2O/c1-19(28)8-7-16-26(2)15-5-6-17-27-23-10-4-3-9-20(23)11-12-21-13-14-22(25)18-24(21)27/h3-4,7-10,13-14,18H,5-6,11-12,15-17H2,1-2H3/b8-7+. The van der Waals surface area contributed by atoms with Crippen LogP contribution in [0.1, 0.15) is 30.9 Å². The number of anilines is 2. The van der Waals surface area contributed by atoms with Gasteiger partial charge in [-0.2, -0.15) is 0 Å². The Morgan fingerprint density at radius 3 is 2.64 bits per heavy atom. The van der Waals surface area contributed by atoms with E-state index in [2.05, 4.69) is 53.2 Å². The molecule has 3 nitrogen and oxygen atoms in total. The highest BCUT2D eigenvalue weighted by molar-refractivity contribution is 6.30. The van der Waals surface area contributed by atoms with Crippen molar-refractivity contribution >= 4 is 28.8 Å². The summed E-state index contributed by atoms with van der Waals surface area (Å²) in [5.74, 6) is 0.102. The molecule has 2 aromatic rings. The van der Waals surface area contributed by atoms with Crippen molar-refractivity contribution in [2.45, 2.75) is 32.6 Å². The number of para-hydroxylation sites is 1. The highest BCUT2D eigenvalue weighted by Gasteiger charge is 2.20. The van der Waals surface area contributed by atoms with Crippen molar-refractivity contribution in [3.63, 3.8) is 0 Å². The first-order valence-electron chi connectivity index (χ1n) is 10.0. The van der Waals surface area contributed by atoms with Gasteiger partial charge in [0.2, 0.25) is 0 Å². The van der Waals surface area contributed by atoms with Gasteiger partial charge in [0.05, 0.1) is 0 Å². The number of benzene rings is 2. The lowest BCUT2D eigenvalue weighted by atomic mass is 10.0. The highest BCUT2D eigenvalue weighted by atomic mass is 35.5. The van der Waals surface area contributed by atoms with Crippen molar-refractivity contribution in [3.05, 3.63) is 70.8 Å². The zero-order valence-corrected chi connectivity index (χ0v) is 17.6. The van der Waals surface area contributed by atoms with Crippen LogP contribution in [0.25, 0.3) is 0 Å². The number of unbranched alkanes of at least 4 members (excludes halogenated alkanes) is 1. The summed E-state index contributed by atoms with van der Waals surface area (Å²) in [6, 6.07) is 15.0. The molecule has 148 valence electrons. The molecule has 1 heterocycles. The molecule has 3 rings (SSSR count). The van der Waals surface area contributed by atoms with Gasteiger partial charge < -0.3 is 9.80 Å². The summed E-state index contributed by atoms with van der Waals surface area (Å²) in [7, 11) is 2.10. The molecule has 0 saturated carbocycles. The molecule has 0 saturated heterocycles. The Kier molecular flexibility index (Phi) is 7.30. The molecular formula is C24H29ClN2O. The van der Waals surface area contributed by atoms with Gasteiger partial charge in [0, 0.05) is 29.5 Å². The molecule has 28 heavy (non-hydrogen) atoms. The predicted molar refractivity (Wildman–Crippen MR) is 119 cm³/mol. The summed E-state index contributed by atoms with van der Waals surface area (Å²) in [5, 5.41) is 0.792. The number of hydrogen-bond acceptors (Lipinski definition) is 3. The van der Waals surface area contributed by atoms with Gasteiger partial charge in [-0.05, 0) is 81.6 Å². The van der Waals surface area contributed by atoms with Gasteiger partial charge in [-0.1, -0.05) is 41.9 Å². The van der Waals surface area contributed by atoms with Gasteiger partial charge in [-0.3, -0.25) is 4.79 Å². The van der Waals surface area contributed by atoms with E-state index in [-0.39, 0.29) is 5.78 Å². The molecule has 0 spiro atoms. The zero-order chi connectivity index (χ0) is 19.9. The van der Waals surface area contributed by atoms with E-state index in [9.17, 15) is 4.79 Å². The van der Waals surface area contributed by atoms with Gasteiger partial charge in [-0.25, -0.2) is 0 Å². The first-order chi connectivity index (χ1) is 13.5. The quantitative estimate of drug-likeness (QED) is 0.438. The molecule has 0 aromatic heterocycles. The Morgan fingerprint density at radius 2 is 1.86 bits per heavy atom. The summed E-state index contributed by atoms with van der Waals surface area (Å²) >= 11 is 6.33. The first-order valence-corrected chi connectivity index (χ1v) is 10.4. The molecule has 0 radical (unpaired) electrons. The van der Waals surface area contributed by atoms with Crippen LogP contribution in [0.5, 0.6) is 0 Å². The molecule has 0 fully saturated rings. The van der Waals surface area contributed by atoms with Crippen molar-refractivity contribution in [2.75, 3.05) is 31.6 Å². The number of ketones is 1. The minimum absolute atomic E-state index is 0.102. The fourth-order valence-corrected chi connectivity index (χ4v) is 3.93. The summed E-state index contributed by atoms with van der Waals surface area (Å²) in [6.07, 6.45) is 7.90. The van der Waals surface area contributed by atoms with Crippen LogP contribution in [0.2, 0.25) is 5.02 Å². The monoisotopic (exact) mass is 396 g/mol. The van der Waals surface area contributed by atoms with E-state index in [4.69, 9.17) is 11.6 Å². The molecule has 4 heteroatoms. The van der Waals surface area contributed by atoms with E-state index in [1.807, 2.05) is 12.1 Å². The number of rotatable bonds is 8. The zero-order valence-electron chi connectivity index (χ0n) is 16.8. The van der Waals surface area contributed by atoms with Crippen LogP contribution in [0.4, 0.5) is 11.4 Å². The van der Waals surface area contributed by atoms with Gasteiger partial charge in [0.15, 0.2) is 5.78 Å². The van der Waals surface area contributed by atoms with Crippen LogP contribution in [-0.4, -0.2) is 37.4 Å². The Bertz CT molecular complexity index is 846. The number of hydrogen-bond donors (Lipinski definition) is 0. The van der Waals surface area contributed by atoms with Crippen molar-refractivity contribution in [1.82, 2.24) is 4.90 Å². The Balaban J connectivity index is 1.66. The van der Waals surface area contributed by atoms with E-state index in [1.165, 1.54) is 22.5 Å². The molecule has 0 N–H and O–H groups in total. The van der Waals surface area contributed by atoms with Gasteiger partial charge >= 0.3 is 0 Å². The van der Waals surface area contributed by atoms with E-state index in [0.717, 1.165) is 50.3 Å². The van der Waals surface area contributed by atoms with E-state index in [0.29, 0.717) is 0 Å². The first kappa shape index (κ1) is 20.6. The normalized spacial score (nSPS) is 13.5. The summed E-state index contributed by atoms with van der Waals surface area (Å²) < 4.78 is 0. The Labute approximate surface area is 173 Å². The number of halogens is 1. The van der Waals surface area contributed by atoms with Crippen molar-refractivity contribution in [2.24, 2.45) is 0 Å². The van der Waals surface area contributed by atoms with Crippen LogP contribution < -0.4 is 4.90 Å². The number of allylic oxidation sites excluding steroid dienone is 1. The second-order valence-electron chi connectivity index (χ2n) is 7.54. The molecule has 2 aromatic carbocycles. The van der Waals surface area contributed by atoms with Crippen molar-refractivity contribution < 1.29 is 4.79 Å². The fourth-order valence-electron chi connectivity index (χ4n) is 3.77. The molecule has 0 aliphatic carbocycles. The van der Waals surface area contributed by atoms with Gasteiger partial charge in [0.25, 0.3) is 0 Å². The van der Waals surface area contributed by atoms with E-state index >= 15 is 0 Å². The average Bonchev–Trinajstić information content (AvgIpc) is 2.82. The highest BCUT2D eigenvalue weighted by Crippen LogP contribution is 2.37. The number of aryl methyl sites for hydroxylation is 2. The Hall–Kier alpha value is -2.10. The van der Waals surface area contributed by atoms with E-state index in [1.54, 1.807) is 13.0 Å². The number of carbonyl (C=O) groups is 1. The van der Waals surface area contributed by atoms with Crippen LogP contribution in [-0.2, 0) is 17.6 Å². The molecule has 0 unspecified atom stereocenters. The second-order valence-corrected chi connectivity index (χ2v) is 7.97. The third-order valence-corrected chi connectivity index (χ3v) is 5.46.